The predicted octanol–water partition coefficient (Wildman–Crippen LogP) is 2.69. The van der Waals surface area contributed by atoms with Crippen molar-refractivity contribution in [3.8, 4) is 0 Å². The fourth-order valence-electron chi connectivity index (χ4n) is 3.05. The molecular formula is C14H23F3N2O. The number of rotatable bonds is 4. The average molecular weight is 292 g/mol. The summed E-state index contributed by atoms with van der Waals surface area (Å²) in [5, 5.41) is 0. The summed E-state index contributed by atoms with van der Waals surface area (Å²) in [5.41, 5.74) is 5.79. The lowest BCUT2D eigenvalue weighted by atomic mass is 9.85. The van der Waals surface area contributed by atoms with Gasteiger partial charge < -0.3 is 10.6 Å². The zero-order valence-electron chi connectivity index (χ0n) is 11.8. The number of nitrogens with two attached hydrogens (primary N) is 1. The molecule has 0 aliphatic heterocycles. The lowest BCUT2D eigenvalue weighted by molar-refractivity contribution is -0.169. The Labute approximate surface area is 117 Å². The molecule has 0 aromatic rings. The third-order valence-corrected chi connectivity index (χ3v) is 4.55. The van der Waals surface area contributed by atoms with Crippen LogP contribution in [-0.2, 0) is 4.79 Å². The summed E-state index contributed by atoms with van der Waals surface area (Å²) in [7, 11) is 0. The van der Waals surface area contributed by atoms with Gasteiger partial charge in [-0.2, -0.15) is 13.2 Å². The standard InChI is InChI=1S/C14H23F3N2O/c1-9(10-2-3-10)19(8-14(15,16)17)13(20)11-4-6-12(18)7-5-11/h9-12H,2-8,18H2,1H3. The molecule has 1 atom stereocenters. The van der Waals surface area contributed by atoms with Gasteiger partial charge in [0.05, 0.1) is 0 Å². The molecule has 2 aliphatic carbocycles. The van der Waals surface area contributed by atoms with E-state index in [4.69, 9.17) is 5.73 Å². The van der Waals surface area contributed by atoms with Crippen molar-refractivity contribution in [2.75, 3.05) is 6.54 Å². The maximum absolute atomic E-state index is 12.7. The van der Waals surface area contributed by atoms with E-state index in [1.807, 2.05) is 0 Å². The van der Waals surface area contributed by atoms with Crippen molar-refractivity contribution in [2.45, 2.75) is 63.7 Å². The maximum Gasteiger partial charge on any atom is 0.406 e. The minimum absolute atomic E-state index is 0.0935. The largest absolute Gasteiger partial charge is 0.406 e. The summed E-state index contributed by atoms with van der Waals surface area (Å²) in [6.07, 6.45) is 0.222. The van der Waals surface area contributed by atoms with Crippen LogP contribution in [0.25, 0.3) is 0 Å². The highest BCUT2D eigenvalue weighted by molar-refractivity contribution is 5.79. The van der Waals surface area contributed by atoms with Crippen LogP contribution in [0.5, 0.6) is 0 Å². The van der Waals surface area contributed by atoms with Gasteiger partial charge in [-0.1, -0.05) is 0 Å². The predicted molar refractivity (Wildman–Crippen MR) is 69.9 cm³/mol. The quantitative estimate of drug-likeness (QED) is 0.866. The number of halogens is 3. The molecule has 1 unspecified atom stereocenters. The normalized spacial score (nSPS) is 29.1. The van der Waals surface area contributed by atoms with Crippen LogP contribution < -0.4 is 5.73 Å². The van der Waals surface area contributed by atoms with E-state index in [-0.39, 0.29) is 29.8 Å². The van der Waals surface area contributed by atoms with Crippen LogP contribution >= 0.6 is 0 Å². The molecule has 0 spiro atoms. The van der Waals surface area contributed by atoms with Crippen molar-refractivity contribution in [1.29, 1.82) is 0 Å². The van der Waals surface area contributed by atoms with Gasteiger partial charge in [-0.15, -0.1) is 0 Å². The van der Waals surface area contributed by atoms with Gasteiger partial charge in [0.15, 0.2) is 0 Å². The van der Waals surface area contributed by atoms with E-state index in [0.717, 1.165) is 30.6 Å². The first-order valence-electron chi connectivity index (χ1n) is 7.40. The molecule has 0 aromatic carbocycles. The van der Waals surface area contributed by atoms with E-state index in [2.05, 4.69) is 0 Å². The summed E-state index contributed by atoms with van der Waals surface area (Å²) in [5.74, 6) is -0.362. The number of carbonyl (C=O) groups excluding carboxylic acids is 1. The zero-order valence-corrected chi connectivity index (χ0v) is 11.8. The van der Waals surface area contributed by atoms with Gasteiger partial charge in [-0.25, -0.2) is 0 Å². The SMILES string of the molecule is CC(C1CC1)N(CC(F)(F)F)C(=O)C1CCC(N)CC1. The Bertz CT molecular complexity index is 347. The number of nitrogens with zero attached hydrogens (tertiary/aromatic N) is 1. The van der Waals surface area contributed by atoms with Gasteiger partial charge in [0, 0.05) is 18.0 Å². The molecule has 20 heavy (non-hydrogen) atoms. The highest BCUT2D eigenvalue weighted by Gasteiger charge is 2.42. The molecule has 2 saturated carbocycles. The van der Waals surface area contributed by atoms with Crippen molar-refractivity contribution in [1.82, 2.24) is 4.90 Å². The van der Waals surface area contributed by atoms with E-state index < -0.39 is 12.7 Å². The Balaban J connectivity index is 2.02. The molecule has 3 nitrogen and oxygen atoms in total. The van der Waals surface area contributed by atoms with Crippen molar-refractivity contribution in [2.24, 2.45) is 17.6 Å². The Kier molecular flexibility index (Phi) is 4.62. The summed E-state index contributed by atoms with van der Waals surface area (Å²) < 4.78 is 38.2. The summed E-state index contributed by atoms with van der Waals surface area (Å²) >= 11 is 0. The molecule has 6 heteroatoms. The molecule has 0 saturated heterocycles. The third kappa shape index (κ3) is 4.11. The molecule has 0 bridgehead atoms. The van der Waals surface area contributed by atoms with Crippen LogP contribution in [0.4, 0.5) is 13.2 Å². The molecule has 1 amide bonds. The second-order valence-corrected chi connectivity index (χ2v) is 6.27. The monoisotopic (exact) mass is 292 g/mol. The first-order chi connectivity index (χ1) is 9.28. The van der Waals surface area contributed by atoms with Gasteiger partial charge in [0.1, 0.15) is 6.54 Å². The van der Waals surface area contributed by atoms with Gasteiger partial charge in [0.2, 0.25) is 5.91 Å². The molecule has 2 N–H and O–H groups in total. The first kappa shape index (κ1) is 15.6. The van der Waals surface area contributed by atoms with Gasteiger partial charge >= 0.3 is 6.18 Å². The molecule has 0 radical (unpaired) electrons. The smallest absolute Gasteiger partial charge is 0.330 e. The van der Waals surface area contributed by atoms with Crippen LogP contribution in [0.1, 0.15) is 45.4 Å². The molecule has 116 valence electrons. The van der Waals surface area contributed by atoms with Gasteiger partial charge in [-0.3, -0.25) is 4.79 Å². The Morgan fingerprint density at radius 3 is 2.20 bits per heavy atom. The van der Waals surface area contributed by atoms with Crippen molar-refractivity contribution >= 4 is 5.91 Å². The van der Waals surface area contributed by atoms with E-state index in [9.17, 15) is 18.0 Å². The zero-order chi connectivity index (χ0) is 14.9. The molecular weight excluding hydrogens is 269 g/mol. The Morgan fingerprint density at radius 2 is 1.75 bits per heavy atom. The summed E-state index contributed by atoms with van der Waals surface area (Å²) in [4.78, 5) is 13.5. The molecule has 0 aromatic heterocycles. The lowest BCUT2D eigenvalue weighted by Gasteiger charge is -2.35. The fourth-order valence-corrected chi connectivity index (χ4v) is 3.05. The molecule has 2 fully saturated rings. The van der Waals surface area contributed by atoms with Crippen LogP contribution in [0.3, 0.4) is 0 Å². The summed E-state index contributed by atoms with van der Waals surface area (Å²) in [6, 6.07) is -0.212. The fraction of sp³-hybridized carbons (Fsp3) is 0.929. The first-order valence-corrected chi connectivity index (χ1v) is 7.40. The number of hydrogen-bond donors (Lipinski definition) is 1. The van der Waals surface area contributed by atoms with Crippen molar-refractivity contribution < 1.29 is 18.0 Å². The van der Waals surface area contributed by atoms with Crippen LogP contribution in [0.15, 0.2) is 0 Å². The Hall–Kier alpha value is -0.780. The highest BCUT2D eigenvalue weighted by Crippen LogP contribution is 2.37. The highest BCUT2D eigenvalue weighted by atomic mass is 19.4. The maximum atomic E-state index is 12.7. The van der Waals surface area contributed by atoms with Gasteiger partial charge in [-0.05, 0) is 51.4 Å². The topological polar surface area (TPSA) is 46.3 Å². The average Bonchev–Trinajstić information content (AvgIpc) is 3.18. The van der Waals surface area contributed by atoms with Gasteiger partial charge in [0.25, 0.3) is 0 Å². The molecule has 2 rings (SSSR count). The van der Waals surface area contributed by atoms with Crippen molar-refractivity contribution in [3.63, 3.8) is 0 Å². The molecule has 0 heterocycles. The van der Waals surface area contributed by atoms with E-state index in [1.54, 1.807) is 6.92 Å². The van der Waals surface area contributed by atoms with E-state index in [1.165, 1.54) is 0 Å². The number of carbonyl (C=O) groups is 1. The number of hydrogen-bond acceptors (Lipinski definition) is 2. The summed E-state index contributed by atoms with van der Waals surface area (Å²) in [6.45, 7) is 0.627. The third-order valence-electron chi connectivity index (χ3n) is 4.55. The second kappa shape index (κ2) is 5.92. The minimum atomic E-state index is -4.33. The second-order valence-electron chi connectivity index (χ2n) is 6.27. The van der Waals surface area contributed by atoms with E-state index >= 15 is 0 Å². The number of amides is 1. The van der Waals surface area contributed by atoms with Crippen LogP contribution in [0, 0.1) is 11.8 Å². The lowest BCUT2D eigenvalue weighted by Crippen LogP contribution is -2.48. The van der Waals surface area contributed by atoms with Crippen molar-refractivity contribution in [3.05, 3.63) is 0 Å². The molecule has 2 aliphatic rings. The minimum Gasteiger partial charge on any atom is -0.330 e. The van der Waals surface area contributed by atoms with E-state index in [0.29, 0.717) is 12.8 Å². The van der Waals surface area contributed by atoms with Crippen LogP contribution in [-0.4, -0.2) is 35.6 Å². The van der Waals surface area contributed by atoms with Crippen LogP contribution in [0.2, 0.25) is 0 Å². The number of alkyl halides is 3. The Morgan fingerprint density at radius 1 is 1.20 bits per heavy atom.